The lowest BCUT2D eigenvalue weighted by molar-refractivity contribution is -0.137. The van der Waals surface area contributed by atoms with Crippen LogP contribution in [0.15, 0.2) is 70.5 Å². The van der Waals surface area contributed by atoms with Crippen molar-refractivity contribution in [2.24, 2.45) is 10.2 Å². The maximum Gasteiger partial charge on any atom is 0.434 e. The minimum Gasteiger partial charge on any atom is -0.493 e. The average Bonchev–Trinajstić information content (AvgIpc) is 3.34. The smallest absolute Gasteiger partial charge is 0.434 e. The highest BCUT2D eigenvalue weighted by atomic mass is 19.4. The van der Waals surface area contributed by atoms with Crippen LogP contribution in [0, 0.1) is 0 Å². The van der Waals surface area contributed by atoms with Gasteiger partial charge in [-0.1, -0.05) is 36.4 Å². The molecule has 2 aromatic rings. The van der Waals surface area contributed by atoms with Gasteiger partial charge in [-0.25, -0.2) is 0 Å². The minimum absolute atomic E-state index is 0.00715. The Morgan fingerprint density at radius 2 is 1.97 bits per heavy atom. The average molecular weight is 430 g/mol. The van der Waals surface area contributed by atoms with Crippen LogP contribution in [-0.2, 0) is 16.8 Å². The lowest BCUT2D eigenvalue weighted by Gasteiger charge is -2.23. The van der Waals surface area contributed by atoms with Gasteiger partial charge in [0.15, 0.2) is 5.70 Å². The Labute approximate surface area is 177 Å². The number of hydrogen-bond donors (Lipinski definition) is 1. The number of nitrogens with zero attached hydrogens (tertiary/aromatic N) is 2. The number of carboxylic acid groups (broad SMARTS) is 1. The van der Waals surface area contributed by atoms with Gasteiger partial charge in [0.25, 0.3) is 0 Å². The molecule has 162 valence electrons. The van der Waals surface area contributed by atoms with Crippen molar-refractivity contribution in [2.45, 2.75) is 43.3 Å². The summed E-state index contributed by atoms with van der Waals surface area (Å²) in [4.78, 5) is 11.0. The van der Waals surface area contributed by atoms with Crippen molar-refractivity contribution >= 4 is 5.97 Å². The fraction of sp³-hybridized carbons (Fsp3) is 0.348. The molecule has 0 aromatic heterocycles. The Kier molecular flexibility index (Phi) is 5.56. The highest BCUT2D eigenvalue weighted by Crippen LogP contribution is 2.43. The quantitative estimate of drug-likeness (QED) is 0.606. The predicted octanol–water partition coefficient (Wildman–Crippen LogP) is 5.77. The minimum atomic E-state index is -4.56. The molecule has 2 atom stereocenters. The van der Waals surface area contributed by atoms with E-state index in [4.69, 9.17) is 9.84 Å². The first kappa shape index (κ1) is 21.1. The molecule has 1 unspecified atom stereocenters. The van der Waals surface area contributed by atoms with Gasteiger partial charge in [0.1, 0.15) is 11.3 Å². The third-order valence-electron chi connectivity index (χ3n) is 5.77. The first-order chi connectivity index (χ1) is 14.8. The molecule has 2 aromatic carbocycles. The van der Waals surface area contributed by atoms with Crippen molar-refractivity contribution in [1.29, 1.82) is 0 Å². The van der Waals surface area contributed by atoms with E-state index < -0.39 is 23.4 Å². The Bertz CT molecular complexity index is 1030. The van der Waals surface area contributed by atoms with E-state index in [1.54, 1.807) is 36.4 Å². The Hall–Kier alpha value is -3.16. The zero-order valence-electron chi connectivity index (χ0n) is 16.6. The van der Waals surface area contributed by atoms with E-state index in [0.29, 0.717) is 11.3 Å². The van der Waals surface area contributed by atoms with Crippen LogP contribution in [0.3, 0.4) is 0 Å². The summed E-state index contributed by atoms with van der Waals surface area (Å²) in [5.74, 6) is -0.206. The molecule has 0 amide bonds. The maximum atomic E-state index is 13.2. The van der Waals surface area contributed by atoms with E-state index in [1.807, 2.05) is 12.1 Å². The first-order valence-electron chi connectivity index (χ1n) is 10.0. The van der Waals surface area contributed by atoms with E-state index in [9.17, 15) is 18.0 Å². The molecule has 1 N–H and O–H groups in total. The molecular weight excluding hydrogens is 409 g/mol. The SMILES string of the molecule is O=C(O)C[C@@H]1CCc2cc(OCCC3(c4ccccc4)C=C(C(F)(F)F)N=N3)ccc21. The van der Waals surface area contributed by atoms with Gasteiger partial charge in [0.05, 0.1) is 13.0 Å². The normalized spacial score (nSPS) is 22.3. The van der Waals surface area contributed by atoms with Crippen LogP contribution in [0.2, 0.25) is 0 Å². The number of carboxylic acids is 1. The second kappa shape index (κ2) is 8.17. The molecule has 0 saturated carbocycles. The van der Waals surface area contributed by atoms with Gasteiger partial charge in [0.2, 0.25) is 0 Å². The molecule has 0 radical (unpaired) electrons. The van der Waals surface area contributed by atoms with E-state index in [0.717, 1.165) is 30.0 Å². The summed E-state index contributed by atoms with van der Waals surface area (Å²) >= 11 is 0. The molecule has 4 rings (SSSR count). The molecule has 2 aliphatic rings. The van der Waals surface area contributed by atoms with Crippen molar-refractivity contribution in [3.63, 3.8) is 0 Å². The fourth-order valence-electron chi connectivity index (χ4n) is 4.22. The number of fused-ring (bicyclic) bond motifs is 1. The van der Waals surface area contributed by atoms with E-state index in [2.05, 4.69) is 10.2 Å². The molecule has 31 heavy (non-hydrogen) atoms. The summed E-state index contributed by atoms with van der Waals surface area (Å²) < 4.78 is 45.3. The van der Waals surface area contributed by atoms with Crippen LogP contribution >= 0.6 is 0 Å². The van der Waals surface area contributed by atoms with Crippen LogP contribution < -0.4 is 4.74 Å². The van der Waals surface area contributed by atoms with E-state index >= 15 is 0 Å². The number of carbonyl (C=O) groups is 1. The summed E-state index contributed by atoms with van der Waals surface area (Å²) in [6, 6.07) is 14.3. The summed E-state index contributed by atoms with van der Waals surface area (Å²) in [5.41, 5.74) is 0.472. The first-order valence-corrected chi connectivity index (χ1v) is 10.0. The molecule has 0 bridgehead atoms. The summed E-state index contributed by atoms with van der Waals surface area (Å²) in [5, 5.41) is 16.4. The molecule has 1 aliphatic carbocycles. The van der Waals surface area contributed by atoms with Gasteiger partial charge in [-0.2, -0.15) is 18.3 Å². The van der Waals surface area contributed by atoms with Crippen LogP contribution in [0.5, 0.6) is 5.75 Å². The predicted molar refractivity (Wildman–Crippen MR) is 107 cm³/mol. The molecule has 1 aliphatic heterocycles. The van der Waals surface area contributed by atoms with Gasteiger partial charge in [-0.15, -0.1) is 5.11 Å². The lowest BCUT2D eigenvalue weighted by atomic mass is 9.87. The summed E-state index contributed by atoms with van der Waals surface area (Å²) in [6.07, 6.45) is -1.64. The monoisotopic (exact) mass is 430 g/mol. The van der Waals surface area contributed by atoms with Crippen molar-refractivity contribution in [3.8, 4) is 5.75 Å². The topological polar surface area (TPSA) is 71.2 Å². The molecule has 0 spiro atoms. The summed E-state index contributed by atoms with van der Waals surface area (Å²) in [7, 11) is 0. The van der Waals surface area contributed by atoms with Crippen molar-refractivity contribution in [2.75, 3.05) is 6.61 Å². The fourth-order valence-corrected chi connectivity index (χ4v) is 4.22. The third kappa shape index (κ3) is 4.47. The third-order valence-corrected chi connectivity index (χ3v) is 5.77. The second-order valence-electron chi connectivity index (χ2n) is 7.81. The lowest BCUT2D eigenvalue weighted by Crippen LogP contribution is -2.23. The van der Waals surface area contributed by atoms with Gasteiger partial charge >= 0.3 is 12.1 Å². The number of rotatable bonds is 7. The van der Waals surface area contributed by atoms with Crippen LogP contribution in [0.25, 0.3) is 0 Å². The number of halogens is 3. The highest BCUT2D eigenvalue weighted by molar-refractivity contribution is 5.68. The molecular formula is C23H21F3N2O3. The number of allylic oxidation sites excluding steroid dienone is 1. The molecule has 8 heteroatoms. The zero-order chi connectivity index (χ0) is 22.1. The second-order valence-corrected chi connectivity index (χ2v) is 7.81. The summed E-state index contributed by atoms with van der Waals surface area (Å²) in [6.45, 7) is 0.146. The van der Waals surface area contributed by atoms with Crippen LogP contribution in [0.1, 0.15) is 41.9 Å². The van der Waals surface area contributed by atoms with Gasteiger partial charge in [-0.05, 0) is 53.7 Å². The van der Waals surface area contributed by atoms with Crippen LogP contribution in [-0.4, -0.2) is 23.9 Å². The molecule has 0 fully saturated rings. The molecule has 0 saturated heterocycles. The number of benzene rings is 2. The van der Waals surface area contributed by atoms with Crippen molar-refractivity contribution < 1.29 is 27.8 Å². The van der Waals surface area contributed by atoms with Crippen molar-refractivity contribution in [1.82, 2.24) is 0 Å². The Morgan fingerprint density at radius 1 is 1.19 bits per heavy atom. The van der Waals surface area contributed by atoms with E-state index in [-0.39, 0.29) is 25.4 Å². The highest BCUT2D eigenvalue weighted by Gasteiger charge is 2.43. The number of aliphatic carboxylic acids is 1. The standard InChI is InChI=1S/C23H21F3N2O3/c24-23(25,26)20-14-22(28-27-20,17-4-2-1-3-5-17)10-11-31-18-8-9-19-15(12-18)6-7-16(19)13-21(29)30/h1-5,8-9,12,14,16H,6-7,10-11,13H2,(H,29,30)/t16-,22?/m0/s1. The van der Waals surface area contributed by atoms with Gasteiger partial charge in [0, 0.05) is 6.42 Å². The van der Waals surface area contributed by atoms with Gasteiger partial charge < -0.3 is 9.84 Å². The van der Waals surface area contributed by atoms with Crippen molar-refractivity contribution in [3.05, 3.63) is 77.0 Å². The number of aryl methyl sites for hydroxylation is 1. The van der Waals surface area contributed by atoms with E-state index in [1.165, 1.54) is 0 Å². The Morgan fingerprint density at radius 3 is 2.65 bits per heavy atom. The number of azo groups is 1. The molecule has 1 heterocycles. The maximum absolute atomic E-state index is 13.2. The van der Waals surface area contributed by atoms with Crippen LogP contribution in [0.4, 0.5) is 13.2 Å². The number of alkyl halides is 3. The molecule has 5 nitrogen and oxygen atoms in total. The number of hydrogen-bond acceptors (Lipinski definition) is 4. The number of ether oxygens (including phenoxy) is 1. The largest absolute Gasteiger partial charge is 0.493 e. The zero-order valence-corrected chi connectivity index (χ0v) is 16.6. The Balaban J connectivity index is 1.48. The van der Waals surface area contributed by atoms with Gasteiger partial charge in [-0.3, -0.25) is 4.79 Å².